The van der Waals surface area contributed by atoms with Crippen molar-refractivity contribution in [2.75, 3.05) is 13.1 Å². The average Bonchev–Trinajstić information content (AvgIpc) is 2.68. The van der Waals surface area contributed by atoms with Crippen LogP contribution in [0.15, 0.2) is 47.6 Å². The predicted octanol–water partition coefficient (Wildman–Crippen LogP) is 4.19. The van der Waals surface area contributed by atoms with Crippen LogP contribution >= 0.6 is 11.6 Å². The standard InChI is InChI=1S/C21H24ClN3O2/c1-15(19-13-18(22)8-9-20(19)26)23-24-21(27)17-7-5-6-16(12-17)14-25-10-3-2-4-11-25/h5-9,12-13,26H,2-4,10-11,14H2,1H3,(H,24,27)/b23-15+. The Morgan fingerprint density at radius 2 is 1.96 bits per heavy atom. The number of benzene rings is 2. The first-order valence-electron chi connectivity index (χ1n) is 9.18. The number of hydrogen-bond donors (Lipinski definition) is 2. The molecule has 5 nitrogen and oxygen atoms in total. The number of hydrogen-bond acceptors (Lipinski definition) is 4. The van der Waals surface area contributed by atoms with Gasteiger partial charge in [-0.05, 0) is 68.8 Å². The van der Waals surface area contributed by atoms with E-state index >= 15 is 0 Å². The second kappa shape index (κ2) is 9.02. The van der Waals surface area contributed by atoms with Crippen molar-refractivity contribution in [3.8, 4) is 5.75 Å². The monoisotopic (exact) mass is 385 g/mol. The molecule has 0 saturated carbocycles. The Labute approximate surface area is 164 Å². The lowest BCUT2D eigenvalue weighted by molar-refractivity contribution is 0.0954. The molecule has 6 heteroatoms. The van der Waals surface area contributed by atoms with Crippen LogP contribution in [0.25, 0.3) is 0 Å². The van der Waals surface area contributed by atoms with Gasteiger partial charge in [-0.3, -0.25) is 9.69 Å². The van der Waals surface area contributed by atoms with E-state index in [-0.39, 0.29) is 11.7 Å². The summed E-state index contributed by atoms with van der Waals surface area (Å²) in [5.41, 5.74) is 5.21. The maximum atomic E-state index is 12.5. The summed E-state index contributed by atoms with van der Waals surface area (Å²) in [6.07, 6.45) is 3.79. The molecule has 1 aliphatic rings. The molecule has 1 amide bonds. The van der Waals surface area contributed by atoms with E-state index in [9.17, 15) is 9.90 Å². The topological polar surface area (TPSA) is 64.9 Å². The summed E-state index contributed by atoms with van der Waals surface area (Å²) in [6.45, 7) is 4.80. The highest BCUT2D eigenvalue weighted by Gasteiger charge is 2.12. The molecular weight excluding hydrogens is 362 g/mol. The smallest absolute Gasteiger partial charge is 0.271 e. The maximum Gasteiger partial charge on any atom is 0.271 e. The Morgan fingerprint density at radius 3 is 2.74 bits per heavy atom. The van der Waals surface area contributed by atoms with Crippen LogP contribution in [-0.2, 0) is 6.54 Å². The number of carbonyl (C=O) groups excluding carboxylic acids is 1. The van der Waals surface area contributed by atoms with Crippen molar-refractivity contribution in [3.05, 3.63) is 64.2 Å². The summed E-state index contributed by atoms with van der Waals surface area (Å²) < 4.78 is 0. The number of hydrazone groups is 1. The van der Waals surface area contributed by atoms with Crippen molar-refractivity contribution < 1.29 is 9.90 Å². The number of amides is 1. The second-order valence-electron chi connectivity index (χ2n) is 6.84. The third-order valence-corrected chi connectivity index (χ3v) is 4.95. The molecule has 2 aromatic carbocycles. The number of carbonyl (C=O) groups is 1. The molecule has 2 N–H and O–H groups in total. The fourth-order valence-electron chi connectivity index (χ4n) is 3.24. The zero-order chi connectivity index (χ0) is 19.2. The highest BCUT2D eigenvalue weighted by molar-refractivity contribution is 6.31. The summed E-state index contributed by atoms with van der Waals surface area (Å²) in [5, 5.41) is 14.5. The Balaban J connectivity index is 1.67. The number of phenolic OH excluding ortho intramolecular Hbond substituents is 1. The van der Waals surface area contributed by atoms with Crippen LogP contribution in [0.3, 0.4) is 0 Å². The van der Waals surface area contributed by atoms with Gasteiger partial charge in [-0.25, -0.2) is 5.43 Å². The Bertz CT molecular complexity index is 845. The van der Waals surface area contributed by atoms with Crippen molar-refractivity contribution in [1.29, 1.82) is 0 Å². The number of aromatic hydroxyl groups is 1. The van der Waals surface area contributed by atoms with Gasteiger partial charge in [-0.1, -0.05) is 30.2 Å². The average molecular weight is 386 g/mol. The molecule has 0 atom stereocenters. The van der Waals surface area contributed by atoms with Crippen molar-refractivity contribution in [1.82, 2.24) is 10.3 Å². The molecule has 0 spiro atoms. The highest BCUT2D eigenvalue weighted by Crippen LogP contribution is 2.22. The first-order chi connectivity index (χ1) is 13.0. The maximum absolute atomic E-state index is 12.5. The van der Waals surface area contributed by atoms with Gasteiger partial charge in [0.15, 0.2) is 0 Å². The molecule has 0 radical (unpaired) electrons. The van der Waals surface area contributed by atoms with Crippen LogP contribution in [0.1, 0.15) is 47.7 Å². The van der Waals surface area contributed by atoms with Gasteiger partial charge in [0, 0.05) is 22.7 Å². The first-order valence-corrected chi connectivity index (χ1v) is 9.55. The quantitative estimate of drug-likeness (QED) is 0.599. The molecule has 142 valence electrons. The summed E-state index contributed by atoms with van der Waals surface area (Å²) in [5.74, 6) is -0.213. The van der Waals surface area contributed by atoms with Gasteiger partial charge in [0.05, 0.1) is 5.71 Å². The molecular formula is C21H24ClN3O2. The molecule has 0 aromatic heterocycles. The number of nitrogens with one attached hydrogen (secondary N) is 1. The molecule has 1 heterocycles. The number of rotatable bonds is 5. The number of halogens is 1. The second-order valence-corrected chi connectivity index (χ2v) is 7.27. The zero-order valence-electron chi connectivity index (χ0n) is 15.4. The number of nitrogens with zero attached hydrogens (tertiary/aromatic N) is 2. The minimum Gasteiger partial charge on any atom is -0.507 e. The SMILES string of the molecule is C/C(=N\NC(=O)c1cccc(CN2CCCCC2)c1)c1cc(Cl)ccc1O. The van der Waals surface area contributed by atoms with Crippen molar-refractivity contribution in [2.45, 2.75) is 32.7 Å². The van der Waals surface area contributed by atoms with Gasteiger partial charge < -0.3 is 5.11 Å². The molecule has 27 heavy (non-hydrogen) atoms. The highest BCUT2D eigenvalue weighted by atomic mass is 35.5. The van der Waals surface area contributed by atoms with E-state index in [2.05, 4.69) is 15.4 Å². The molecule has 3 rings (SSSR count). The molecule has 1 saturated heterocycles. The van der Waals surface area contributed by atoms with Crippen LogP contribution in [0, 0.1) is 0 Å². The number of likely N-dealkylation sites (tertiary alicyclic amines) is 1. The van der Waals surface area contributed by atoms with E-state index < -0.39 is 0 Å². The zero-order valence-corrected chi connectivity index (χ0v) is 16.2. The van der Waals surface area contributed by atoms with E-state index in [1.165, 1.54) is 25.3 Å². The Kier molecular flexibility index (Phi) is 6.48. The molecule has 0 aliphatic carbocycles. The number of piperidine rings is 1. The Morgan fingerprint density at radius 1 is 1.19 bits per heavy atom. The normalized spacial score (nSPS) is 15.6. The van der Waals surface area contributed by atoms with Crippen LogP contribution in [-0.4, -0.2) is 34.7 Å². The largest absolute Gasteiger partial charge is 0.507 e. The van der Waals surface area contributed by atoms with E-state index in [4.69, 9.17) is 11.6 Å². The summed E-state index contributed by atoms with van der Waals surface area (Å²) >= 11 is 5.96. The molecule has 1 fully saturated rings. The molecule has 1 aliphatic heterocycles. The lowest BCUT2D eigenvalue weighted by Crippen LogP contribution is -2.29. The van der Waals surface area contributed by atoms with Gasteiger partial charge in [-0.15, -0.1) is 0 Å². The van der Waals surface area contributed by atoms with E-state index in [0.717, 1.165) is 25.2 Å². The van der Waals surface area contributed by atoms with Crippen molar-refractivity contribution in [2.24, 2.45) is 5.10 Å². The lowest BCUT2D eigenvalue weighted by atomic mass is 10.1. The third kappa shape index (κ3) is 5.31. The molecule has 2 aromatic rings. The summed E-state index contributed by atoms with van der Waals surface area (Å²) in [4.78, 5) is 14.9. The van der Waals surface area contributed by atoms with Crippen molar-refractivity contribution in [3.63, 3.8) is 0 Å². The minimum atomic E-state index is -0.281. The van der Waals surface area contributed by atoms with E-state index in [1.807, 2.05) is 18.2 Å². The lowest BCUT2D eigenvalue weighted by Gasteiger charge is -2.26. The van der Waals surface area contributed by atoms with Crippen LogP contribution in [0.2, 0.25) is 5.02 Å². The Hall–Kier alpha value is -2.37. The first kappa shape index (κ1) is 19.4. The molecule has 0 bridgehead atoms. The van der Waals surface area contributed by atoms with Gasteiger partial charge in [-0.2, -0.15) is 5.10 Å². The predicted molar refractivity (Wildman–Crippen MR) is 108 cm³/mol. The fourth-order valence-corrected chi connectivity index (χ4v) is 3.42. The molecule has 0 unspecified atom stereocenters. The van der Waals surface area contributed by atoms with E-state index in [0.29, 0.717) is 21.9 Å². The van der Waals surface area contributed by atoms with E-state index in [1.54, 1.807) is 25.1 Å². The van der Waals surface area contributed by atoms with Crippen molar-refractivity contribution >= 4 is 23.2 Å². The summed E-state index contributed by atoms with van der Waals surface area (Å²) in [7, 11) is 0. The third-order valence-electron chi connectivity index (χ3n) is 4.72. The number of phenols is 1. The van der Waals surface area contributed by atoms with Gasteiger partial charge in [0.25, 0.3) is 5.91 Å². The minimum absolute atomic E-state index is 0.0680. The summed E-state index contributed by atoms with van der Waals surface area (Å²) in [6, 6.07) is 12.3. The van der Waals surface area contributed by atoms with Crippen LogP contribution in [0.5, 0.6) is 5.75 Å². The van der Waals surface area contributed by atoms with Crippen LogP contribution < -0.4 is 5.43 Å². The van der Waals surface area contributed by atoms with Gasteiger partial charge in [0.2, 0.25) is 0 Å². The van der Waals surface area contributed by atoms with Crippen LogP contribution in [0.4, 0.5) is 0 Å². The van der Waals surface area contributed by atoms with Gasteiger partial charge in [0.1, 0.15) is 5.75 Å². The fraction of sp³-hybridized carbons (Fsp3) is 0.333. The van der Waals surface area contributed by atoms with Gasteiger partial charge >= 0.3 is 0 Å².